The molecule has 0 unspecified atom stereocenters. The molecule has 1 aromatic heterocycles. The van der Waals surface area contributed by atoms with Gasteiger partial charge in [0, 0.05) is 6.07 Å². The molecule has 0 aliphatic heterocycles. The van der Waals surface area contributed by atoms with Crippen molar-refractivity contribution < 1.29 is 13.2 Å². The molecule has 0 bridgehead atoms. The van der Waals surface area contributed by atoms with Crippen molar-refractivity contribution in [3.63, 3.8) is 0 Å². The number of hydrogen-bond acceptors (Lipinski definition) is 4. The average molecular weight is 328 g/mol. The van der Waals surface area contributed by atoms with Crippen molar-refractivity contribution in [2.75, 3.05) is 6.61 Å². The van der Waals surface area contributed by atoms with E-state index in [0.717, 1.165) is 11.6 Å². The summed E-state index contributed by atoms with van der Waals surface area (Å²) in [4.78, 5) is 14.4. The molecular formula is C14H14ClNO4S. The Hall–Kier alpha value is -1.79. The van der Waals surface area contributed by atoms with E-state index in [2.05, 4.69) is 4.98 Å². The van der Waals surface area contributed by atoms with Crippen molar-refractivity contribution >= 4 is 21.4 Å². The normalized spacial score (nSPS) is 11.4. The third-order valence-electron chi connectivity index (χ3n) is 2.82. The van der Waals surface area contributed by atoms with Gasteiger partial charge < -0.3 is 9.72 Å². The Kier molecular flexibility index (Phi) is 4.39. The summed E-state index contributed by atoms with van der Waals surface area (Å²) in [6.45, 7) is 3.81. The van der Waals surface area contributed by atoms with Crippen LogP contribution in [0, 0.1) is 6.92 Å². The molecule has 0 fully saturated rings. The Bertz CT molecular complexity index is 810. The third-order valence-corrected chi connectivity index (χ3v) is 4.87. The summed E-state index contributed by atoms with van der Waals surface area (Å²) >= 11 is 5.80. The number of H-pyrrole nitrogens is 1. The zero-order valence-corrected chi connectivity index (χ0v) is 13.1. The molecule has 112 valence electrons. The summed E-state index contributed by atoms with van der Waals surface area (Å²) in [6, 6.07) is 7.30. The van der Waals surface area contributed by atoms with Gasteiger partial charge in [-0.1, -0.05) is 29.3 Å². The van der Waals surface area contributed by atoms with Gasteiger partial charge in [0.15, 0.2) is 0 Å². The fourth-order valence-corrected chi connectivity index (χ4v) is 3.12. The highest BCUT2D eigenvalue weighted by Crippen LogP contribution is 2.24. The lowest BCUT2D eigenvalue weighted by atomic mass is 10.2. The van der Waals surface area contributed by atoms with Gasteiger partial charge in [-0.15, -0.1) is 0 Å². The fraction of sp³-hybridized carbons (Fsp3) is 0.214. The maximum absolute atomic E-state index is 12.5. The Labute approximate surface area is 127 Å². The van der Waals surface area contributed by atoms with Crippen molar-refractivity contribution in [3.8, 4) is 5.88 Å². The number of rotatable bonds is 4. The quantitative estimate of drug-likeness (QED) is 0.936. The lowest BCUT2D eigenvalue weighted by Crippen LogP contribution is -2.13. The number of ether oxygens (including phenoxy) is 1. The first-order valence-corrected chi connectivity index (χ1v) is 8.09. The van der Waals surface area contributed by atoms with Crippen LogP contribution in [0.15, 0.2) is 45.0 Å². The summed E-state index contributed by atoms with van der Waals surface area (Å²) in [6.07, 6.45) is 0. The van der Waals surface area contributed by atoms with Crippen molar-refractivity contribution in [2.24, 2.45) is 0 Å². The molecule has 0 amide bonds. The van der Waals surface area contributed by atoms with Crippen molar-refractivity contribution in [3.05, 3.63) is 51.1 Å². The van der Waals surface area contributed by atoms with Crippen LogP contribution in [0.2, 0.25) is 5.02 Å². The van der Waals surface area contributed by atoms with E-state index in [1.165, 1.54) is 12.1 Å². The first kappa shape index (κ1) is 15.6. The Morgan fingerprint density at radius 1 is 1.24 bits per heavy atom. The molecule has 21 heavy (non-hydrogen) atoms. The second kappa shape index (κ2) is 5.91. The number of aromatic nitrogens is 1. The average Bonchev–Trinajstić information content (AvgIpc) is 2.44. The van der Waals surface area contributed by atoms with Gasteiger partial charge in [-0.3, -0.25) is 4.79 Å². The minimum absolute atomic E-state index is 0.0441. The molecule has 1 N–H and O–H groups in total. The Morgan fingerprint density at radius 3 is 2.43 bits per heavy atom. The van der Waals surface area contributed by atoms with Crippen LogP contribution in [0.25, 0.3) is 0 Å². The number of nitrogens with one attached hydrogen (secondary N) is 1. The smallest absolute Gasteiger partial charge is 0.222 e. The highest BCUT2D eigenvalue weighted by molar-refractivity contribution is 7.91. The van der Waals surface area contributed by atoms with Crippen LogP contribution in [-0.2, 0) is 9.84 Å². The highest BCUT2D eigenvalue weighted by Gasteiger charge is 2.21. The first-order valence-electron chi connectivity index (χ1n) is 6.23. The largest absolute Gasteiger partial charge is 0.478 e. The maximum atomic E-state index is 12.5. The van der Waals surface area contributed by atoms with Crippen LogP contribution >= 0.6 is 11.6 Å². The van der Waals surface area contributed by atoms with Crippen LogP contribution in [0.5, 0.6) is 5.88 Å². The number of aryl methyl sites for hydroxylation is 1. The van der Waals surface area contributed by atoms with E-state index in [1.807, 2.05) is 6.92 Å². The molecule has 7 heteroatoms. The van der Waals surface area contributed by atoms with Gasteiger partial charge in [0.2, 0.25) is 21.1 Å². The highest BCUT2D eigenvalue weighted by atomic mass is 35.5. The second-order valence-corrected chi connectivity index (χ2v) is 6.69. The number of pyridine rings is 1. The number of aromatic amines is 1. The molecule has 0 atom stereocenters. The summed E-state index contributed by atoms with van der Waals surface area (Å²) < 4.78 is 30.1. The first-order chi connectivity index (χ1) is 9.86. The van der Waals surface area contributed by atoms with Crippen molar-refractivity contribution in [2.45, 2.75) is 23.8 Å². The molecule has 0 aliphatic carbocycles. The van der Waals surface area contributed by atoms with Crippen LogP contribution < -0.4 is 10.2 Å². The van der Waals surface area contributed by atoms with Crippen LogP contribution in [0.3, 0.4) is 0 Å². The number of benzene rings is 1. The third kappa shape index (κ3) is 3.11. The van der Waals surface area contributed by atoms with Crippen LogP contribution in [0.1, 0.15) is 12.5 Å². The molecule has 0 saturated carbocycles. The lowest BCUT2D eigenvalue weighted by molar-refractivity contribution is 0.324. The van der Waals surface area contributed by atoms with E-state index >= 15 is 0 Å². The minimum Gasteiger partial charge on any atom is -0.478 e. The number of halogens is 1. The van der Waals surface area contributed by atoms with Gasteiger partial charge in [0.25, 0.3) is 0 Å². The molecule has 0 spiro atoms. The number of sulfone groups is 1. The van der Waals surface area contributed by atoms with E-state index < -0.39 is 15.3 Å². The van der Waals surface area contributed by atoms with Gasteiger partial charge in [-0.25, -0.2) is 8.42 Å². The fourth-order valence-electron chi connectivity index (χ4n) is 1.73. The predicted octanol–water partition coefficient (Wildman–Crippen LogP) is 2.57. The molecule has 0 radical (unpaired) electrons. The zero-order valence-electron chi connectivity index (χ0n) is 11.5. The summed E-state index contributed by atoms with van der Waals surface area (Å²) in [5.41, 5.74) is 0.332. The van der Waals surface area contributed by atoms with Crippen molar-refractivity contribution in [1.29, 1.82) is 0 Å². The van der Waals surface area contributed by atoms with E-state index in [4.69, 9.17) is 16.3 Å². The molecule has 5 nitrogen and oxygen atoms in total. The predicted molar refractivity (Wildman–Crippen MR) is 79.9 cm³/mol. The lowest BCUT2D eigenvalue weighted by Gasteiger charge is -2.09. The van der Waals surface area contributed by atoms with Gasteiger partial charge in [0.1, 0.15) is 10.0 Å². The standard InChI is InChI=1S/C14H14ClNO4S/c1-3-20-14-13(15)11(17)8-12(16-14)21(18,19)10-6-4-9(2)5-7-10/h4-8H,3H2,1-2H3,(H,16,17). The summed E-state index contributed by atoms with van der Waals surface area (Å²) in [7, 11) is -3.83. The molecule has 0 saturated heterocycles. The molecule has 0 aliphatic rings. The van der Waals surface area contributed by atoms with Crippen LogP contribution in [-0.4, -0.2) is 20.0 Å². The van der Waals surface area contributed by atoms with Crippen LogP contribution in [0.4, 0.5) is 0 Å². The molecule has 1 heterocycles. The van der Waals surface area contributed by atoms with Gasteiger partial charge in [-0.05, 0) is 26.0 Å². The van der Waals surface area contributed by atoms with E-state index in [9.17, 15) is 13.2 Å². The van der Waals surface area contributed by atoms with Gasteiger partial charge in [-0.2, -0.15) is 0 Å². The monoisotopic (exact) mass is 327 g/mol. The molecule has 1 aromatic carbocycles. The topological polar surface area (TPSA) is 76.2 Å². The van der Waals surface area contributed by atoms with E-state index in [1.54, 1.807) is 19.1 Å². The molecule has 2 aromatic rings. The Balaban J connectivity index is 2.60. The van der Waals surface area contributed by atoms with Crippen molar-refractivity contribution in [1.82, 2.24) is 4.98 Å². The van der Waals surface area contributed by atoms with Gasteiger partial charge >= 0.3 is 0 Å². The van der Waals surface area contributed by atoms with E-state index in [0.29, 0.717) is 0 Å². The molecule has 2 rings (SSSR count). The summed E-state index contributed by atoms with van der Waals surface area (Å²) in [5, 5.41) is -0.413. The second-order valence-electron chi connectivity index (χ2n) is 4.39. The SMILES string of the molecule is CCOc1[nH]c(S(=O)(=O)c2ccc(C)cc2)cc(=O)c1Cl. The molecular weight excluding hydrogens is 314 g/mol. The van der Waals surface area contributed by atoms with Gasteiger partial charge in [0.05, 0.1) is 11.5 Å². The number of hydrogen-bond donors (Lipinski definition) is 1. The zero-order chi connectivity index (χ0) is 15.6. The van der Waals surface area contributed by atoms with E-state index in [-0.39, 0.29) is 27.4 Å². The minimum atomic E-state index is -3.83. The maximum Gasteiger partial charge on any atom is 0.222 e. The Morgan fingerprint density at radius 2 is 1.86 bits per heavy atom. The summed E-state index contributed by atoms with van der Waals surface area (Å²) in [5.74, 6) is -0.0441.